The minimum Gasteiger partial charge on any atom is -0.497 e. The van der Waals surface area contributed by atoms with Crippen molar-refractivity contribution in [1.29, 1.82) is 0 Å². The number of methoxy groups -OCH3 is 3. The van der Waals surface area contributed by atoms with E-state index in [2.05, 4.69) is 25.1 Å². The Morgan fingerprint density at radius 2 is 1.48 bits per heavy atom. The van der Waals surface area contributed by atoms with Gasteiger partial charge in [0.25, 0.3) is 5.88 Å². The quantitative estimate of drug-likeness (QED) is 0.739. The van der Waals surface area contributed by atoms with E-state index < -0.39 is 0 Å². The molecular formula is C20H27N5O3S. The normalized spacial score (nSPS) is 13.8. The van der Waals surface area contributed by atoms with Gasteiger partial charge in [0.05, 0.1) is 32.7 Å². The molecule has 1 aromatic carbocycles. The number of nitrogens with zero attached hydrogens (tertiary/aromatic N) is 4. The third-order valence-electron chi connectivity index (χ3n) is 4.96. The van der Waals surface area contributed by atoms with Crippen LogP contribution >= 0.6 is 12.2 Å². The van der Waals surface area contributed by atoms with Crippen LogP contribution in [0.25, 0.3) is 0 Å². The van der Waals surface area contributed by atoms with E-state index in [1.807, 2.05) is 32.0 Å². The van der Waals surface area contributed by atoms with Crippen LogP contribution in [0.3, 0.4) is 0 Å². The van der Waals surface area contributed by atoms with Crippen molar-refractivity contribution in [2.75, 3.05) is 57.7 Å². The van der Waals surface area contributed by atoms with Crippen LogP contribution in [0.4, 0.5) is 11.5 Å². The average molecular weight is 418 g/mol. The van der Waals surface area contributed by atoms with Gasteiger partial charge in [0.1, 0.15) is 11.5 Å². The Morgan fingerprint density at radius 1 is 0.897 bits per heavy atom. The molecule has 0 spiro atoms. The molecule has 0 amide bonds. The molecule has 1 saturated heterocycles. The highest BCUT2D eigenvalue weighted by Crippen LogP contribution is 2.29. The SMILES string of the molecule is COc1cc(OC)cc(N2CCN(C(=S)Nc3nc(C)c(C)nc3OC)CC2)c1. The highest BCUT2D eigenvalue weighted by molar-refractivity contribution is 7.80. The summed E-state index contributed by atoms with van der Waals surface area (Å²) in [5.41, 5.74) is 2.75. The van der Waals surface area contributed by atoms with E-state index in [0.717, 1.165) is 54.8 Å². The Labute approximate surface area is 176 Å². The van der Waals surface area contributed by atoms with Gasteiger partial charge >= 0.3 is 0 Å². The first kappa shape index (κ1) is 20.9. The summed E-state index contributed by atoms with van der Waals surface area (Å²) in [6, 6.07) is 5.91. The molecule has 8 nitrogen and oxygen atoms in total. The Hall–Kier alpha value is -2.81. The van der Waals surface area contributed by atoms with Crippen LogP contribution in [0.15, 0.2) is 18.2 Å². The summed E-state index contributed by atoms with van der Waals surface area (Å²) >= 11 is 5.61. The van der Waals surface area contributed by atoms with E-state index in [1.165, 1.54) is 0 Å². The molecular weight excluding hydrogens is 390 g/mol. The first-order chi connectivity index (χ1) is 13.9. The summed E-state index contributed by atoms with van der Waals surface area (Å²) in [7, 11) is 4.89. The number of benzene rings is 1. The van der Waals surface area contributed by atoms with E-state index in [9.17, 15) is 0 Å². The van der Waals surface area contributed by atoms with Crippen LogP contribution in [0.5, 0.6) is 17.4 Å². The second-order valence-corrected chi connectivity index (χ2v) is 7.11. The lowest BCUT2D eigenvalue weighted by Crippen LogP contribution is -2.50. The maximum absolute atomic E-state index is 5.61. The van der Waals surface area contributed by atoms with Gasteiger partial charge in [-0.1, -0.05) is 0 Å². The van der Waals surface area contributed by atoms with E-state index in [0.29, 0.717) is 16.8 Å². The lowest BCUT2D eigenvalue weighted by atomic mass is 10.2. The maximum Gasteiger partial charge on any atom is 0.257 e. The van der Waals surface area contributed by atoms with Crippen LogP contribution in [-0.2, 0) is 0 Å². The van der Waals surface area contributed by atoms with E-state index >= 15 is 0 Å². The number of piperazine rings is 1. The molecule has 1 N–H and O–H groups in total. The monoisotopic (exact) mass is 417 g/mol. The minimum absolute atomic E-state index is 0.442. The predicted molar refractivity (Wildman–Crippen MR) is 118 cm³/mol. The molecule has 0 radical (unpaired) electrons. The first-order valence-corrected chi connectivity index (χ1v) is 9.79. The number of anilines is 2. The van der Waals surface area contributed by atoms with Gasteiger partial charge in [0.2, 0.25) is 0 Å². The highest BCUT2D eigenvalue weighted by atomic mass is 32.1. The molecule has 0 unspecified atom stereocenters. The maximum atomic E-state index is 5.61. The van der Waals surface area contributed by atoms with Gasteiger partial charge in [0.15, 0.2) is 10.9 Å². The molecule has 2 aromatic rings. The van der Waals surface area contributed by atoms with Crippen molar-refractivity contribution < 1.29 is 14.2 Å². The van der Waals surface area contributed by atoms with Gasteiger partial charge in [-0.25, -0.2) is 9.97 Å². The molecule has 0 atom stereocenters. The third-order valence-corrected chi connectivity index (χ3v) is 5.32. The molecule has 29 heavy (non-hydrogen) atoms. The molecule has 2 heterocycles. The number of hydrogen-bond donors (Lipinski definition) is 1. The fraction of sp³-hybridized carbons (Fsp3) is 0.450. The minimum atomic E-state index is 0.442. The topological polar surface area (TPSA) is 72.0 Å². The molecule has 3 rings (SSSR count). The highest BCUT2D eigenvalue weighted by Gasteiger charge is 2.21. The number of nitrogens with one attached hydrogen (secondary N) is 1. The Morgan fingerprint density at radius 3 is 2.03 bits per heavy atom. The molecule has 156 valence electrons. The summed E-state index contributed by atoms with van der Waals surface area (Å²) in [6.45, 7) is 7.04. The fourth-order valence-corrected chi connectivity index (χ4v) is 3.41. The number of ether oxygens (including phenoxy) is 3. The van der Waals surface area contributed by atoms with Crippen molar-refractivity contribution in [1.82, 2.24) is 14.9 Å². The van der Waals surface area contributed by atoms with Crippen molar-refractivity contribution in [3.8, 4) is 17.4 Å². The average Bonchev–Trinajstić information content (AvgIpc) is 2.75. The first-order valence-electron chi connectivity index (χ1n) is 9.38. The van der Waals surface area contributed by atoms with Crippen LogP contribution in [0.2, 0.25) is 0 Å². The summed E-state index contributed by atoms with van der Waals surface area (Å²) in [6.07, 6.45) is 0. The van der Waals surface area contributed by atoms with Crippen molar-refractivity contribution >= 4 is 28.8 Å². The second kappa shape index (κ2) is 9.13. The lowest BCUT2D eigenvalue weighted by Gasteiger charge is -2.37. The van der Waals surface area contributed by atoms with Crippen molar-refractivity contribution in [2.45, 2.75) is 13.8 Å². The smallest absolute Gasteiger partial charge is 0.257 e. The second-order valence-electron chi connectivity index (χ2n) is 6.73. The van der Waals surface area contributed by atoms with Crippen LogP contribution in [-0.4, -0.2) is 67.5 Å². The zero-order valence-corrected chi connectivity index (χ0v) is 18.3. The van der Waals surface area contributed by atoms with Crippen LogP contribution < -0.4 is 24.4 Å². The van der Waals surface area contributed by atoms with E-state index in [4.69, 9.17) is 26.4 Å². The molecule has 0 bridgehead atoms. The third kappa shape index (κ3) is 4.79. The van der Waals surface area contributed by atoms with Gasteiger partial charge in [-0.05, 0) is 26.1 Å². The predicted octanol–water partition coefficient (Wildman–Crippen LogP) is 2.64. The summed E-state index contributed by atoms with van der Waals surface area (Å²) in [5.74, 6) is 2.54. The number of hydrogen-bond acceptors (Lipinski definition) is 7. The van der Waals surface area contributed by atoms with Crippen LogP contribution in [0.1, 0.15) is 11.4 Å². The Balaban J connectivity index is 1.65. The Kier molecular flexibility index (Phi) is 6.58. The zero-order chi connectivity index (χ0) is 21.0. The van der Waals surface area contributed by atoms with Gasteiger partial charge in [0, 0.05) is 50.1 Å². The Bertz CT molecular complexity index is 862. The molecule has 0 aliphatic carbocycles. The number of aromatic nitrogens is 2. The molecule has 0 saturated carbocycles. The van der Waals surface area contributed by atoms with Gasteiger partial charge < -0.3 is 29.3 Å². The number of thiocarbonyl (C=S) groups is 1. The molecule has 1 fully saturated rings. The number of rotatable bonds is 5. The van der Waals surface area contributed by atoms with Crippen molar-refractivity contribution in [3.05, 3.63) is 29.6 Å². The summed E-state index contributed by atoms with van der Waals surface area (Å²) < 4.78 is 16.1. The van der Waals surface area contributed by atoms with Crippen molar-refractivity contribution in [3.63, 3.8) is 0 Å². The lowest BCUT2D eigenvalue weighted by molar-refractivity contribution is 0.383. The fourth-order valence-electron chi connectivity index (χ4n) is 3.13. The molecule has 1 aromatic heterocycles. The molecule has 9 heteroatoms. The van der Waals surface area contributed by atoms with Gasteiger partial charge in [-0.15, -0.1) is 0 Å². The van der Waals surface area contributed by atoms with E-state index in [-0.39, 0.29) is 0 Å². The van der Waals surface area contributed by atoms with Crippen LogP contribution in [0, 0.1) is 13.8 Å². The molecule has 1 aliphatic heterocycles. The van der Waals surface area contributed by atoms with Gasteiger partial charge in [-0.3, -0.25) is 0 Å². The molecule has 1 aliphatic rings. The zero-order valence-electron chi connectivity index (χ0n) is 17.5. The summed E-state index contributed by atoms with van der Waals surface area (Å²) in [4.78, 5) is 13.4. The summed E-state index contributed by atoms with van der Waals surface area (Å²) in [5, 5.41) is 3.81. The number of aryl methyl sites for hydroxylation is 2. The van der Waals surface area contributed by atoms with Crippen molar-refractivity contribution in [2.24, 2.45) is 0 Å². The van der Waals surface area contributed by atoms with E-state index in [1.54, 1.807) is 21.3 Å². The standard InChI is InChI=1S/C20H27N5O3S/c1-13-14(2)22-19(28-5)18(21-13)23-20(29)25-8-6-24(7-9-25)15-10-16(26-3)12-17(11-15)27-4/h10-12H,6-9H2,1-5H3,(H,21,23,29). The largest absolute Gasteiger partial charge is 0.497 e. The van der Waals surface area contributed by atoms with Gasteiger partial charge in [-0.2, -0.15) is 0 Å².